The van der Waals surface area contributed by atoms with Gasteiger partial charge in [-0.3, -0.25) is 14.5 Å². The molecule has 0 bridgehead atoms. The van der Waals surface area contributed by atoms with Crippen LogP contribution in [0.15, 0.2) is 53.4 Å². The zero-order chi connectivity index (χ0) is 17.1. The van der Waals surface area contributed by atoms with Crippen LogP contribution in [0.4, 0.5) is 19.3 Å². The number of amides is 2. The molecule has 1 N–H and O–H groups in total. The molecule has 3 rings (SSSR count). The van der Waals surface area contributed by atoms with Crippen LogP contribution >= 0.6 is 11.8 Å². The van der Waals surface area contributed by atoms with E-state index in [-0.39, 0.29) is 23.2 Å². The zero-order valence-corrected chi connectivity index (χ0v) is 13.1. The van der Waals surface area contributed by atoms with Crippen molar-refractivity contribution in [2.75, 3.05) is 12.0 Å². The molecule has 122 valence electrons. The number of carbonyl (C=O) groups is 2. The van der Waals surface area contributed by atoms with Gasteiger partial charge in [-0.2, -0.15) is 0 Å². The summed E-state index contributed by atoms with van der Waals surface area (Å²) in [4.78, 5) is 25.6. The van der Waals surface area contributed by atoms with Crippen LogP contribution in [-0.4, -0.2) is 22.7 Å². The third-order valence-electron chi connectivity index (χ3n) is 3.33. The standard InChI is InChI=1S/C17H12F2N2O2S/c18-12-3-1-11(2-4-12)9-15-16(22)21(17(23)24-15)10-20-14-7-5-13(19)6-8-14/h1-9,20H,10H2/b15-9-. The molecule has 7 heteroatoms. The van der Waals surface area contributed by atoms with E-state index in [1.165, 1.54) is 48.5 Å². The molecule has 24 heavy (non-hydrogen) atoms. The summed E-state index contributed by atoms with van der Waals surface area (Å²) < 4.78 is 25.8. The molecule has 1 fully saturated rings. The van der Waals surface area contributed by atoms with Crippen molar-refractivity contribution in [3.8, 4) is 0 Å². The summed E-state index contributed by atoms with van der Waals surface area (Å²) in [5.74, 6) is -1.17. The molecule has 0 aromatic heterocycles. The van der Waals surface area contributed by atoms with Gasteiger partial charge in [-0.05, 0) is 59.8 Å². The molecule has 4 nitrogen and oxygen atoms in total. The summed E-state index contributed by atoms with van der Waals surface area (Å²) in [5.41, 5.74) is 1.23. The topological polar surface area (TPSA) is 49.4 Å². The molecule has 0 saturated carbocycles. The van der Waals surface area contributed by atoms with Gasteiger partial charge in [0.25, 0.3) is 11.1 Å². The zero-order valence-electron chi connectivity index (χ0n) is 12.3. The Bertz CT molecular complexity index is 804. The fourth-order valence-corrected chi connectivity index (χ4v) is 2.92. The molecule has 1 aliphatic heterocycles. The number of halogens is 2. The van der Waals surface area contributed by atoms with Crippen LogP contribution in [0.2, 0.25) is 0 Å². The molecule has 0 radical (unpaired) electrons. The number of nitrogens with one attached hydrogen (secondary N) is 1. The van der Waals surface area contributed by atoms with Crippen LogP contribution in [0.3, 0.4) is 0 Å². The van der Waals surface area contributed by atoms with Crippen molar-refractivity contribution in [1.82, 2.24) is 4.90 Å². The number of rotatable bonds is 4. The lowest BCUT2D eigenvalue weighted by atomic mass is 10.2. The van der Waals surface area contributed by atoms with Gasteiger partial charge in [0.1, 0.15) is 11.6 Å². The Morgan fingerprint density at radius 3 is 2.17 bits per heavy atom. The minimum absolute atomic E-state index is 0.0168. The number of nitrogens with zero attached hydrogens (tertiary/aromatic N) is 1. The molecule has 0 atom stereocenters. The third-order valence-corrected chi connectivity index (χ3v) is 4.23. The van der Waals surface area contributed by atoms with Gasteiger partial charge in [-0.25, -0.2) is 8.78 Å². The van der Waals surface area contributed by atoms with Crippen LogP contribution in [-0.2, 0) is 4.79 Å². The third kappa shape index (κ3) is 3.62. The summed E-state index contributed by atoms with van der Waals surface area (Å²) >= 11 is 0.823. The number of carbonyl (C=O) groups excluding carboxylic acids is 2. The van der Waals surface area contributed by atoms with Crippen LogP contribution in [0.1, 0.15) is 5.56 Å². The van der Waals surface area contributed by atoms with E-state index in [1.807, 2.05) is 0 Å². The summed E-state index contributed by atoms with van der Waals surface area (Å²) in [7, 11) is 0. The summed E-state index contributed by atoms with van der Waals surface area (Å²) in [6, 6.07) is 11.2. The molecule has 0 aliphatic carbocycles. The number of benzene rings is 2. The van der Waals surface area contributed by atoms with Crippen molar-refractivity contribution in [3.05, 3.63) is 70.6 Å². The first-order valence-corrected chi connectivity index (χ1v) is 7.85. The van der Waals surface area contributed by atoms with Crippen LogP contribution in [0.5, 0.6) is 0 Å². The number of imide groups is 1. The molecular formula is C17H12F2N2O2S. The molecular weight excluding hydrogens is 334 g/mol. The Morgan fingerprint density at radius 2 is 1.54 bits per heavy atom. The quantitative estimate of drug-likeness (QED) is 0.848. The van der Waals surface area contributed by atoms with Crippen molar-refractivity contribution in [1.29, 1.82) is 0 Å². The second kappa shape index (κ2) is 6.84. The largest absolute Gasteiger partial charge is 0.367 e. The van der Waals surface area contributed by atoms with E-state index in [1.54, 1.807) is 6.08 Å². The maximum Gasteiger partial charge on any atom is 0.295 e. The van der Waals surface area contributed by atoms with Crippen LogP contribution in [0.25, 0.3) is 6.08 Å². The molecule has 1 heterocycles. The van der Waals surface area contributed by atoms with Crippen molar-refractivity contribution < 1.29 is 18.4 Å². The van der Waals surface area contributed by atoms with E-state index in [0.717, 1.165) is 16.7 Å². The Balaban J connectivity index is 1.69. The molecule has 0 unspecified atom stereocenters. The second-order valence-corrected chi connectivity index (χ2v) is 6.00. The van der Waals surface area contributed by atoms with Crippen molar-refractivity contribution in [2.24, 2.45) is 0 Å². The first-order valence-electron chi connectivity index (χ1n) is 7.03. The maximum atomic E-state index is 12.9. The van der Waals surface area contributed by atoms with E-state index in [4.69, 9.17) is 0 Å². The van der Waals surface area contributed by atoms with Crippen molar-refractivity contribution in [2.45, 2.75) is 0 Å². The predicted molar refractivity (Wildman–Crippen MR) is 89.1 cm³/mol. The van der Waals surface area contributed by atoms with Gasteiger partial charge in [-0.1, -0.05) is 12.1 Å². The van der Waals surface area contributed by atoms with E-state index >= 15 is 0 Å². The minimum Gasteiger partial charge on any atom is -0.367 e. The molecule has 1 saturated heterocycles. The van der Waals surface area contributed by atoms with Gasteiger partial charge in [0.05, 0.1) is 11.6 Å². The molecule has 2 aromatic rings. The van der Waals surface area contributed by atoms with Crippen LogP contribution < -0.4 is 5.32 Å². The van der Waals surface area contributed by atoms with Crippen LogP contribution in [0, 0.1) is 11.6 Å². The number of hydrogen-bond donors (Lipinski definition) is 1. The lowest BCUT2D eigenvalue weighted by Crippen LogP contribution is -2.33. The molecule has 2 aromatic carbocycles. The van der Waals surface area contributed by atoms with Gasteiger partial charge >= 0.3 is 0 Å². The Kier molecular flexibility index (Phi) is 4.61. The van der Waals surface area contributed by atoms with Gasteiger partial charge in [-0.15, -0.1) is 0 Å². The lowest BCUT2D eigenvalue weighted by Gasteiger charge is -2.14. The smallest absolute Gasteiger partial charge is 0.295 e. The summed E-state index contributed by atoms with van der Waals surface area (Å²) in [5, 5.41) is 2.49. The number of thioether (sulfide) groups is 1. The van der Waals surface area contributed by atoms with E-state index < -0.39 is 11.1 Å². The Hall–Kier alpha value is -2.67. The fraction of sp³-hybridized carbons (Fsp3) is 0.0588. The van der Waals surface area contributed by atoms with Crippen molar-refractivity contribution >= 4 is 34.7 Å². The first kappa shape index (κ1) is 16.2. The predicted octanol–water partition coefficient (Wildman–Crippen LogP) is 4.07. The Morgan fingerprint density at radius 1 is 0.958 bits per heavy atom. The van der Waals surface area contributed by atoms with Crippen molar-refractivity contribution in [3.63, 3.8) is 0 Å². The second-order valence-electron chi connectivity index (χ2n) is 5.00. The summed E-state index contributed by atoms with van der Waals surface area (Å²) in [6.45, 7) is -0.0168. The SMILES string of the molecule is O=C1S/C(=C\c2ccc(F)cc2)C(=O)N1CNc1ccc(F)cc1. The van der Waals surface area contributed by atoms with Gasteiger partial charge in [0.15, 0.2) is 0 Å². The first-order chi connectivity index (χ1) is 11.5. The van der Waals surface area contributed by atoms with E-state index in [9.17, 15) is 18.4 Å². The highest BCUT2D eigenvalue weighted by molar-refractivity contribution is 8.18. The fourth-order valence-electron chi connectivity index (χ4n) is 2.08. The highest BCUT2D eigenvalue weighted by atomic mass is 32.2. The van der Waals surface area contributed by atoms with E-state index in [2.05, 4.69) is 5.32 Å². The average Bonchev–Trinajstić information content (AvgIpc) is 2.83. The van der Waals surface area contributed by atoms with Gasteiger partial charge in [0.2, 0.25) is 0 Å². The van der Waals surface area contributed by atoms with Gasteiger partial charge in [0, 0.05) is 5.69 Å². The maximum absolute atomic E-state index is 12.9. The highest BCUT2D eigenvalue weighted by Gasteiger charge is 2.34. The Labute approximate surface area is 141 Å². The number of anilines is 1. The summed E-state index contributed by atoms with van der Waals surface area (Å²) in [6.07, 6.45) is 1.54. The molecule has 1 aliphatic rings. The minimum atomic E-state index is -0.427. The van der Waals surface area contributed by atoms with E-state index in [0.29, 0.717) is 11.3 Å². The molecule has 2 amide bonds. The lowest BCUT2D eigenvalue weighted by molar-refractivity contribution is -0.122. The number of hydrogen-bond acceptors (Lipinski definition) is 4. The highest BCUT2D eigenvalue weighted by Crippen LogP contribution is 2.32. The molecule has 0 spiro atoms. The monoisotopic (exact) mass is 346 g/mol. The average molecular weight is 346 g/mol. The normalized spacial score (nSPS) is 16.1. The van der Waals surface area contributed by atoms with Gasteiger partial charge < -0.3 is 5.32 Å².